The van der Waals surface area contributed by atoms with Gasteiger partial charge in [-0.05, 0) is 61.2 Å². The van der Waals surface area contributed by atoms with E-state index in [1.165, 1.54) is 0 Å². The summed E-state index contributed by atoms with van der Waals surface area (Å²) in [4.78, 5) is 12.2. The van der Waals surface area contributed by atoms with Crippen LogP contribution in [0.15, 0.2) is 46.9 Å². The highest BCUT2D eigenvalue weighted by Crippen LogP contribution is 2.18. The molecule has 0 unspecified atom stereocenters. The first kappa shape index (κ1) is 15.7. The molecule has 21 heavy (non-hydrogen) atoms. The van der Waals surface area contributed by atoms with Crippen LogP contribution in [0.5, 0.6) is 0 Å². The largest absolute Gasteiger partial charge is 0.396 e. The number of carbonyl (C=O) groups excluding carboxylic acids is 1. The third kappa shape index (κ3) is 4.41. The lowest BCUT2D eigenvalue weighted by Crippen LogP contribution is -2.12. The number of halogens is 1. The summed E-state index contributed by atoms with van der Waals surface area (Å²) in [6, 6.07) is 13.2. The molecule has 0 saturated heterocycles. The lowest BCUT2D eigenvalue weighted by molar-refractivity contribution is 0.102. The number of hydrogen-bond acceptors (Lipinski definition) is 2. The molecule has 0 fully saturated rings. The highest BCUT2D eigenvalue weighted by molar-refractivity contribution is 9.10. The number of aryl methyl sites for hydroxylation is 2. The number of aliphatic hydroxyl groups is 1. The van der Waals surface area contributed by atoms with Gasteiger partial charge in [0.15, 0.2) is 0 Å². The Hall–Kier alpha value is -1.65. The van der Waals surface area contributed by atoms with Crippen molar-refractivity contribution in [2.75, 3.05) is 11.9 Å². The van der Waals surface area contributed by atoms with Gasteiger partial charge in [-0.15, -0.1) is 0 Å². The zero-order valence-corrected chi connectivity index (χ0v) is 13.5. The lowest BCUT2D eigenvalue weighted by atomic mass is 10.1. The van der Waals surface area contributed by atoms with Crippen molar-refractivity contribution in [1.29, 1.82) is 0 Å². The molecule has 0 atom stereocenters. The van der Waals surface area contributed by atoms with Gasteiger partial charge in [-0.1, -0.05) is 28.1 Å². The van der Waals surface area contributed by atoms with E-state index in [0.717, 1.165) is 34.1 Å². The second kappa shape index (κ2) is 7.38. The van der Waals surface area contributed by atoms with Gasteiger partial charge in [0.1, 0.15) is 0 Å². The second-order valence-corrected chi connectivity index (χ2v) is 5.80. The van der Waals surface area contributed by atoms with E-state index >= 15 is 0 Å². The molecule has 3 nitrogen and oxygen atoms in total. The van der Waals surface area contributed by atoms with Crippen molar-refractivity contribution in [2.45, 2.75) is 19.8 Å². The maximum atomic E-state index is 12.2. The van der Waals surface area contributed by atoms with Gasteiger partial charge >= 0.3 is 0 Å². The topological polar surface area (TPSA) is 49.3 Å². The van der Waals surface area contributed by atoms with Crippen molar-refractivity contribution in [2.24, 2.45) is 0 Å². The Morgan fingerprint density at radius 1 is 1.24 bits per heavy atom. The average Bonchev–Trinajstić information content (AvgIpc) is 2.48. The predicted molar refractivity (Wildman–Crippen MR) is 88.7 cm³/mol. The number of anilines is 1. The number of aliphatic hydroxyl groups excluding tert-OH is 1. The monoisotopic (exact) mass is 347 g/mol. The van der Waals surface area contributed by atoms with Crippen LogP contribution in [0.4, 0.5) is 5.69 Å². The van der Waals surface area contributed by atoms with Crippen LogP contribution in [0.1, 0.15) is 27.9 Å². The van der Waals surface area contributed by atoms with Crippen LogP contribution in [0.3, 0.4) is 0 Å². The van der Waals surface area contributed by atoms with Gasteiger partial charge in [0.2, 0.25) is 0 Å². The summed E-state index contributed by atoms with van der Waals surface area (Å²) in [6.07, 6.45) is 1.53. The molecule has 1 amide bonds. The SMILES string of the molecule is Cc1cc(C(=O)Nc2cccc(CCCO)c2)ccc1Br. The van der Waals surface area contributed by atoms with E-state index < -0.39 is 0 Å². The average molecular weight is 348 g/mol. The maximum Gasteiger partial charge on any atom is 0.255 e. The Morgan fingerprint density at radius 3 is 2.76 bits per heavy atom. The van der Waals surface area contributed by atoms with E-state index in [-0.39, 0.29) is 12.5 Å². The van der Waals surface area contributed by atoms with Crippen LogP contribution >= 0.6 is 15.9 Å². The van der Waals surface area contributed by atoms with Crippen LogP contribution in [0.2, 0.25) is 0 Å². The fourth-order valence-electron chi connectivity index (χ4n) is 2.08. The Labute approximate surface area is 133 Å². The highest BCUT2D eigenvalue weighted by atomic mass is 79.9. The quantitative estimate of drug-likeness (QED) is 0.860. The molecule has 110 valence electrons. The van der Waals surface area contributed by atoms with Gasteiger partial charge in [0.05, 0.1) is 0 Å². The number of benzene rings is 2. The number of hydrogen-bond donors (Lipinski definition) is 2. The smallest absolute Gasteiger partial charge is 0.255 e. The molecular weight excluding hydrogens is 330 g/mol. The molecule has 0 aromatic heterocycles. The Bertz CT molecular complexity index is 640. The summed E-state index contributed by atoms with van der Waals surface area (Å²) in [5, 5.41) is 11.8. The molecule has 4 heteroatoms. The van der Waals surface area contributed by atoms with Gasteiger partial charge in [0.25, 0.3) is 5.91 Å². The van der Waals surface area contributed by atoms with Crippen LogP contribution < -0.4 is 5.32 Å². The molecule has 2 aromatic carbocycles. The van der Waals surface area contributed by atoms with Crippen molar-refractivity contribution in [3.63, 3.8) is 0 Å². The third-order valence-electron chi connectivity index (χ3n) is 3.23. The van der Waals surface area contributed by atoms with E-state index in [1.807, 2.05) is 43.3 Å². The van der Waals surface area contributed by atoms with Crippen LogP contribution in [0, 0.1) is 6.92 Å². The van der Waals surface area contributed by atoms with E-state index in [4.69, 9.17) is 5.11 Å². The van der Waals surface area contributed by atoms with Gasteiger partial charge in [-0.2, -0.15) is 0 Å². The molecule has 0 bridgehead atoms. The number of nitrogens with one attached hydrogen (secondary N) is 1. The maximum absolute atomic E-state index is 12.2. The summed E-state index contributed by atoms with van der Waals surface area (Å²) in [7, 11) is 0. The molecule has 2 rings (SSSR count). The Balaban J connectivity index is 2.10. The standard InChI is InChI=1S/C17H18BrNO2/c1-12-10-14(7-8-16(12)18)17(21)19-15-6-2-4-13(11-15)5-3-9-20/h2,4,6-8,10-11,20H,3,5,9H2,1H3,(H,19,21). The lowest BCUT2D eigenvalue weighted by Gasteiger charge is -2.08. The molecule has 0 aliphatic heterocycles. The van der Waals surface area contributed by atoms with E-state index in [9.17, 15) is 4.79 Å². The van der Waals surface area contributed by atoms with E-state index in [1.54, 1.807) is 6.07 Å². The zero-order chi connectivity index (χ0) is 15.2. The van der Waals surface area contributed by atoms with Gasteiger partial charge in [-0.3, -0.25) is 4.79 Å². The molecule has 0 heterocycles. The van der Waals surface area contributed by atoms with Gasteiger partial charge < -0.3 is 10.4 Å². The van der Waals surface area contributed by atoms with Crippen molar-refractivity contribution in [3.05, 3.63) is 63.6 Å². The van der Waals surface area contributed by atoms with Crippen LogP contribution in [-0.4, -0.2) is 17.6 Å². The zero-order valence-electron chi connectivity index (χ0n) is 11.9. The Morgan fingerprint density at radius 2 is 2.05 bits per heavy atom. The number of carbonyl (C=O) groups is 1. The number of amides is 1. The first-order valence-corrected chi connectivity index (χ1v) is 7.67. The van der Waals surface area contributed by atoms with Crippen molar-refractivity contribution >= 4 is 27.5 Å². The highest BCUT2D eigenvalue weighted by Gasteiger charge is 2.07. The summed E-state index contributed by atoms with van der Waals surface area (Å²) < 4.78 is 0.991. The van der Waals surface area contributed by atoms with Crippen LogP contribution in [0.25, 0.3) is 0 Å². The van der Waals surface area contributed by atoms with E-state index in [0.29, 0.717) is 5.56 Å². The molecule has 2 N–H and O–H groups in total. The fourth-order valence-corrected chi connectivity index (χ4v) is 2.32. The molecule has 0 spiro atoms. The summed E-state index contributed by atoms with van der Waals surface area (Å²) in [6.45, 7) is 2.13. The molecule has 0 aliphatic rings. The summed E-state index contributed by atoms with van der Waals surface area (Å²) in [5.41, 5.74) is 3.54. The van der Waals surface area contributed by atoms with Crippen LogP contribution in [-0.2, 0) is 6.42 Å². The fraction of sp³-hybridized carbons (Fsp3) is 0.235. The summed E-state index contributed by atoms with van der Waals surface area (Å²) >= 11 is 3.43. The molecule has 0 saturated carbocycles. The Kier molecular flexibility index (Phi) is 5.53. The first-order valence-electron chi connectivity index (χ1n) is 6.87. The van der Waals surface area contributed by atoms with E-state index in [2.05, 4.69) is 21.2 Å². The predicted octanol–water partition coefficient (Wildman–Crippen LogP) is 3.93. The van der Waals surface area contributed by atoms with Crippen molar-refractivity contribution in [3.8, 4) is 0 Å². The third-order valence-corrected chi connectivity index (χ3v) is 4.12. The minimum absolute atomic E-state index is 0.120. The van der Waals surface area contributed by atoms with Gasteiger partial charge in [0, 0.05) is 22.3 Å². The molecule has 2 aromatic rings. The normalized spacial score (nSPS) is 10.4. The molecule has 0 radical (unpaired) electrons. The molecular formula is C17H18BrNO2. The summed E-state index contributed by atoms with van der Waals surface area (Å²) in [5.74, 6) is -0.120. The minimum Gasteiger partial charge on any atom is -0.396 e. The minimum atomic E-state index is -0.120. The second-order valence-electron chi connectivity index (χ2n) is 4.95. The number of rotatable bonds is 5. The van der Waals surface area contributed by atoms with Crippen molar-refractivity contribution in [1.82, 2.24) is 0 Å². The first-order chi connectivity index (χ1) is 10.1. The van der Waals surface area contributed by atoms with Crippen molar-refractivity contribution < 1.29 is 9.90 Å². The van der Waals surface area contributed by atoms with Gasteiger partial charge in [-0.25, -0.2) is 0 Å². The molecule has 0 aliphatic carbocycles.